The third-order valence-electron chi connectivity index (χ3n) is 3.41. The maximum atomic E-state index is 11.9. The summed E-state index contributed by atoms with van der Waals surface area (Å²) in [5.74, 6) is -0.903. The summed E-state index contributed by atoms with van der Waals surface area (Å²) in [6, 6.07) is 14.0. The quantitative estimate of drug-likeness (QED) is 0.620. The van der Waals surface area contributed by atoms with Crippen LogP contribution in [0.15, 0.2) is 53.4 Å². The molecule has 0 radical (unpaired) electrons. The molecule has 0 aliphatic rings. The first kappa shape index (κ1) is 18.4. The summed E-state index contributed by atoms with van der Waals surface area (Å²) in [7, 11) is 0. The molecule has 1 amide bonds. The molecule has 6 heteroatoms. The van der Waals surface area contributed by atoms with E-state index in [4.69, 9.17) is 16.3 Å². The van der Waals surface area contributed by atoms with Gasteiger partial charge in [-0.3, -0.25) is 4.79 Å². The predicted molar refractivity (Wildman–Crippen MR) is 96.5 cm³/mol. The highest BCUT2D eigenvalue weighted by Gasteiger charge is 2.14. The molecular formula is C18H18ClNO3S. The van der Waals surface area contributed by atoms with Gasteiger partial charge in [-0.15, -0.1) is 11.8 Å². The zero-order valence-electron chi connectivity index (χ0n) is 13.4. The summed E-state index contributed by atoms with van der Waals surface area (Å²) in [4.78, 5) is 24.9. The summed E-state index contributed by atoms with van der Waals surface area (Å²) in [5.41, 5.74) is 1.23. The summed E-state index contributed by atoms with van der Waals surface area (Å²) in [5, 5.41) is 3.34. The number of esters is 1. The molecule has 0 fully saturated rings. The van der Waals surface area contributed by atoms with E-state index in [0.29, 0.717) is 10.6 Å². The Kier molecular flexibility index (Phi) is 6.70. The van der Waals surface area contributed by atoms with Crippen molar-refractivity contribution in [1.82, 2.24) is 5.32 Å². The van der Waals surface area contributed by atoms with Crippen LogP contribution in [0.3, 0.4) is 0 Å². The number of nitrogens with one attached hydrogen (secondary N) is 1. The molecule has 0 aliphatic carbocycles. The normalized spacial score (nSPS) is 11.6. The van der Waals surface area contributed by atoms with E-state index in [1.54, 1.807) is 30.0 Å². The van der Waals surface area contributed by atoms with E-state index < -0.39 is 5.97 Å². The zero-order valence-corrected chi connectivity index (χ0v) is 15.0. The fourth-order valence-corrected chi connectivity index (χ4v) is 2.84. The molecule has 2 rings (SSSR count). The molecule has 0 aliphatic heterocycles. The molecule has 24 heavy (non-hydrogen) atoms. The lowest BCUT2D eigenvalue weighted by atomic mass is 10.1. The molecule has 0 saturated heterocycles. The van der Waals surface area contributed by atoms with Crippen LogP contribution in [0, 0.1) is 0 Å². The number of carbonyl (C=O) groups is 2. The number of ether oxygens (including phenoxy) is 1. The van der Waals surface area contributed by atoms with Gasteiger partial charge in [0.25, 0.3) is 5.91 Å². The molecule has 4 nitrogen and oxygen atoms in total. The van der Waals surface area contributed by atoms with Crippen molar-refractivity contribution in [1.29, 1.82) is 0 Å². The molecule has 0 saturated carbocycles. The van der Waals surface area contributed by atoms with Crippen LogP contribution in [-0.4, -0.2) is 24.7 Å². The van der Waals surface area contributed by atoms with Crippen LogP contribution in [-0.2, 0) is 9.53 Å². The van der Waals surface area contributed by atoms with E-state index >= 15 is 0 Å². The van der Waals surface area contributed by atoms with E-state index in [1.165, 1.54) is 0 Å². The predicted octanol–water partition coefficient (Wildman–Crippen LogP) is 4.10. The van der Waals surface area contributed by atoms with E-state index in [2.05, 4.69) is 5.32 Å². The van der Waals surface area contributed by atoms with Gasteiger partial charge in [-0.25, -0.2) is 4.79 Å². The van der Waals surface area contributed by atoms with Crippen LogP contribution in [0.2, 0.25) is 5.02 Å². The van der Waals surface area contributed by atoms with Gasteiger partial charge in [-0.05, 0) is 49.1 Å². The molecule has 1 atom stereocenters. The standard InChI is InChI=1S/C18H18ClNO3S/c1-12(15-5-3-4-6-16(15)19)20-17(21)11-23-18(22)13-7-9-14(24-2)10-8-13/h3-10,12H,11H2,1-2H3,(H,20,21)/t12-/m0/s1. The lowest BCUT2D eigenvalue weighted by Crippen LogP contribution is -2.31. The minimum absolute atomic E-state index is 0.272. The van der Waals surface area contributed by atoms with Crippen LogP contribution in [0.5, 0.6) is 0 Å². The molecule has 2 aromatic carbocycles. The number of thioether (sulfide) groups is 1. The van der Waals surface area contributed by atoms with Crippen molar-refractivity contribution in [2.75, 3.05) is 12.9 Å². The van der Waals surface area contributed by atoms with Crippen molar-refractivity contribution in [3.05, 3.63) is 64.7 Å². The van der Waals surface area contributed by atoms with E-state index in [1.807, 2.05) is 43.5 Å². The van der Waals surface area contributed by atoms with Crippen molar-refractivity contribution in [2.45, 2.75) is 17.9 Å². The molecular weight excluding hydrogens is 346 g/mol. The Hall–Kier alpha value is -1.98. The number of amides is 1. The number of halogens is 1. The Balaban J connectivity index is 1.86. The monoisotopic (exact) mass is 363 g/mol. The molecule has 0 aromatic heterocycles. The first-order valence-electron chi connectivity index (χ1n) is 7.36. The highest BCUT2D eigenvalue weighted by atomic mass is 35.5. The number of benzene rings is 2. The number of rotatable bonds is 6. The topological polar surface area (TPSA) is 55.4 Å². The largest absolute Gasteiger partial charge is 0.452 e. The van der Waals surface area contributed by atoms with Crippen molar-refractivity contribution in [2.24, 2.45) is 0 Å². The van der Waals surface area contributed by atoms with E-state index in [9.17, 15) is 9.59 Å². The molecule has 1 N–H and O–H groups in total. The minimum Gasteiger partial charge on any atom is -0.452 e. The summed E-state index contributed by atoms with van der Waals surface area (Å²) >= 11 is 7.68. The molecule has 2 aromatic rings. The summed E-state index contributed by atoms with van der Waals surface area (Å²) in [6.45, 7) is 1.49. The highest BCUT2D eigenvalue weighted by Crippen LogP contribution is 2.22. The highest BCUT2D eigenvalue weighted by molar-refractivity contribution is 7.98. The number of carbonyl (C=O) groups excluding carboxylic acids is 2. The average Bonchev–Trinajstić information content (AvgIpc) is 2.60. The van der Waals surface area contributed by atoms with Crippen LogP contribution in [0.25, 0.3) is 0 Å². The Morgan fingerprint density at radius 3 is 2.46 bits per heavy atom. The Labute approximate surface area is 150 Å². The maximum absolute atomic E-state index is 11.9. The smallest absolute Gasteiger partial charge is 0.338 e. The zero-order chi connectivity index (χ0) is 17.5. The fourth-order valence-electron chi connectivity index (χ4n) is 2.13. The fraction of sp³-hybridized carbons (Fsp3) is 0.222. The minimum atomic E-state index is -0.525. The van der Waals surface area contributed by atoms with Crippen LogP contribution in [0.1, 0.15) is 28.9 Å². The van der Waals surface area contributed by atoms with Crippen LogP contribution in [0.4, 0.5) is 0 Å². The summed E-state index contributed by atoms with van der Waals surface area (Å²) in [6.07, 6.45) is 1.96. The van der Waals surface area contributed by atoms with Gasteiger partial charge in [-0.2, -0.15) is 0 Å². The van der Waals surface area contributed by atoms with Crippen molar-refractivity contribution >= 4 is 35.2 Å². The Morgan fingerprint density at radius 2 is 1.83 bits per heavy atom. The van der Waals surface area contributed by atoms with Crippen LogP contribution < -0.4 is 5.32 Å². The van der Waals surface area contributed by atoms with Gasteiger partial charge in [-0.1, -0.05) is 29.8 Å². The lowest BCUT2D eigenvalue weighted by molar-refractivity contribution is -0.124. The van der Waals surface area contributed by atoms with Gasteiger partial charge in [0.05, 0.1) is 11.6 Å². The first-order chi connectivity index (χ1) is 11.5. The van der Waals surface area contributed by atoms with Gasteiger partial charge in [0.2, 0.25) is 0 Å². The molecule has 126 valence electrons. The third-order valence-corrected chi connectivity index (χ3v) is 4.50. The Bertz CT molecular complexity index is 718. The third kappa shape index (κ3) is 5.01. The Morgan fingerprint density at radius 1 is 1.17 bits per heavy atom. The second kappa shape index (κ2) is 8.76. The van der Waals surface area contributed by atoms with Gasteiger partial charge in [0, 0.05) is 9.92 Å². The average molecular weight is 364 g/mol. The number of hydrogen-bond acceptors (Lipinski definition) is 4. The lowest BCUT2D eigenvalue weighted by Gasteiger charge is -2.15. The second-order valence-corrected chi connectivity index (χ2v) is 6.40. The van der Waals surface area contributed by atoms with E-state index in [-0.39, 0.29) is 18.6 Å². The molecule has 0 unspecified atom stereocenters. The van der Waals surface area contributed by atoms with Crippen molar-refractivity contribution in [3.63, 3.8) is 0 Å². The molecule has 0 spiro atoms. The van der Waals surface area contributed by atoms with Gasteiger partial charge < -0.3 is 10.1 Å². The second-order valence-electron chi connectivity index (χ2n) is 5.12. The molecule has 0 bridgehead atoms. The SMILES string of the molecule is CSc1ccc(C(=O)OCC(=O)N[C@@H](C)c2ccccc2Cl)cc1. The number of hydrogen-bond donors (Lipinski definition) is 1. The van der Waals surface area contributed by atoms with Gasteiger partial charge in [0.1, 0.15) is 0 Å². The van der Waals surface area contributed by atoms with Crippen molar-refractivity contribution < 1.29 is 14.3 Å². The van der Waals surface area contributed by atoms with Gasteiger partial charge in [0.15, 0.2) is 6.61 Å². The molecule has 0 heterocycles. The van der Waals surface area contributed by atoms with Crippen molar-refractivity contribution in [3.8, 4) is 0 Å². The van der Waals surface area contributed by atoms with Crippen LogP contribution >= 0.6 is 23.4 Å². The van der Waals surface area contributed by atoms with Gasteiger partial charge >= 0.3 is 5.97 Å². The first-order valence-corrected chi connectivity index (χ1v) is 8.96. The maximum Gasteiger partial charge on any atom is 0.338 e. The van der Waals surface area contributed by atoms with E-state index in [0.717, 1.165) is 10.5 Å². The summed E-state index contributed by atoms with van der Waals surface area (Å²) < 4.78 is 5.04.